The van der Waals surface area contributed by atoms with E-state index in [0.29, 0.717) is 24.1 Å². The van der Waals surface area contributed by atoms with Crippen molar-refractivity contribution in [3.63, 3.8) is 0 Å². The van der Waals surface area contributed by atoms with Gasteiger partial charge < -0.3 is 5.32 Å². The Hall–Kier alpha value is -2.11. The molecular formula is C17H27N5O. The van der Waals surface area contributed by atoms with Crippen LogP contribution in [-0.2, 0) is 14.1 Å². The van der Waals surface area contributed by atoms with Crippen molar-refractivity contribution in [1.29, 1.82) is 0 Å². The van der Waals surface area contributed by atoms with Gasteiger partial charge in [0.05, 0.1) is 5.69 Å². The topological polar surface area (TPSA) is 64.7 Å². The predicted octanol–water partition coefficient (Wildman–Crippen LogP) is 2.45. The van der Waals surface area contributed by atoms with Gasteiger partial charge in [0.25, 0.3) is 5.91 Å². The third-order valence-electron chi connectivity index (χ3n) is 4.25. The molecule has 0 radical (unpaired) electrons. The fraction of sp³-hybridized carbons (Fsp3) is 0.588. The van der Waals surface area contributed by atoms with Crippen LogP contribution in [0.4, 0.5) is 0 Å². The van der Waals surface area contributed by atoms with Gasteiger partial charge in [-0.05, 0) is 24.0 Å². The van der Waals surface area contributed by atoms with Gasteiger partial charge in [0, 0.05) is 38.4 Å². The van der Waals surface area contributed by atoms with Gasteiger partial charge in [0.2, 0.25) is 0 Å². The number of aryl methyl sites for hydroxylation is 2. The van der Waals surface area contributed by atoms with E-state index in [-0.39, 0.29) is 11.8 Å². The van der Waals surface area contributed by atoms with E-state index >= 15 is 0 Å². The normalized spacial score (nSPS) is 12.9. The zero-order valence-corrected chi connectivity index (χ0v) is 14.9. The van der Waals surface area contributed by atoms with E-state index in [1.807, 2.05) is 30.9 Å². The lowest BCUT2D eigenvalue weighted by atomic mass is 9.92. The van der Waals surface area contributed by atoms with Gasteiger partial charge in [-0.3, -0.25) is 14.2 Å². The number of amides is 1. The molecule has 2 aromatic rings. The van der Waals surface area contributed by atoms with Crippen molar-refractivity contribution in [2.75, 3.05) is 6.54 Å². The molecule has 0 saturated carbocycles. The van der Waals surface area contributed by atoms with Gasteiger partial charge in [0.1, 0.15) is 5.69 Å². The number of carbonyl (C=O) groups is 1. The Labute approximate surface area is 137 Å². The second-order valence-corrected chi connectivity index (χ2v) is 6.67. The van der Waals surface area contributed by atoms with Gasteiger partial charge in [-0.25, -0.2) is 0 Å². The Bertz CT molecular complexity index is 668. The Morgan fingerprint density at radius 1 is 1.22 bits per heavy atom. The highest BCUT2D eigenvalue weighted by Gasteiger charge is 2.21. The van der Waals surface area contributed by atoms with E-state index in [1.165, 1.54) is 0 Å². The standard InChI is InChI=1S/C17H27N5O/c1-11(2)13(15-7-8-19-21(15)5)10-18-17(23)16-9-14(12(3)4)20-22(16)6/h7-9,11-13H,10H2,1-6H3,(H,18,23)/t13-/m0/s1. The summed E-state index contributed by atoms with van der Waals surface area (Å²) in [5.41, 5.74) is 2.67. The summed E-state index contributed by atoms with van der Waals surface area (Å²) < 4.78 is 3.52. The maximum Gasteiger partial charge on any atom is 0.269 e. The molecule has 126 valence electrons. The highest BCUT2D eigenvalue weighted by molar-refractivity contribution is 5.92. The Kier molecular flexibility index (Phi) is 5.23. The molecule has 2 aromatic heterocycles. The smallest absolute Gasteiger partial charge is 0.269 e. The highest BCUT2D eigenvalue weighted by atomic mass is 16.2. The molecule has 0 bridgehead atoms. The van der Waals surface area contributed by atoms with Crippen molar-refractivity contribution in [1.82, 2.24) is 24.9 Å². The molecule has 6 heteroatoms. The number of carbonyl (C=O) groups excluding carboxylic acids is 1. The lowest BCUT2D eigenvalue weighted by Gasteiger charge is -2.21. The average Bonchev–Trinajstić information content (AvgIpc) is 3.05. The summed E-state index contributed by atoms with van der Waals surface area (Å²) in [4.78, 5) is 12.5. The Morgan fingerprint density at radius 3 is 2.39 bits per heavy atom. The summed E-state index contributed by atoms with van der Waals surface area (Å²) in [6, 6.07) is 3.88. The Morgan fingerprint density at radius 2 is 1.91 bits per heavy atom. The van der Waals surface area contributed by atoms with Crippen molar-refractivity contribution >= 4 is 5.91 Å². The molecule has 0 aliphatic rings. The monoisotopic (exact) mass is 317 g/mol. The second kappa shape index (κ2) is 6.98. The van der Waals surface area contributed by atoms with Gasteiger partial charge in [0.15, 0.2) is 0 Å². The minimum Gasteiger partial charge on any atom is -0.350 e. The molecule has 6 nitrogen and oxygen atoms in total. The van der Waals surface area contributed by atoms with E-state index in [2.05, 4.69) is 43.2 Å². The minimum absolute atomic E-state index is 0.0836. The number of hydrogen-bond donors (Lipinski definition) is 1. The summed E-state index contributed by atoms with van der Waals surface area (Å²) >= 11 is 0. The van der Waals surface area contributed by atoms with Crippen molar-refractivity contribution < 1.29 is 4.79 Å². The van der Waals surface area contributed by atoms with Crippen LogP contribution < -0.4 is 5.32 Å². The van der Waals surface area contributed by atoms with Gasteiger partial charge in [-0.1, -0.05) is 27.7 Å². The zero-order chi connectivity index (χ0) is 17.1. The Balaban J connectivity index is 2.09. The van der Waals surface area contributed by atoms with Crippen LogP contribution in [0.15, 0.2) is 18.3 Å². The largest absolute Gasteiger partial charge is 0.350 e. The molecule has 2 heterocycles. The third-order valence-corrected chi connectivity index (χ3v) is 4.25. The summed E-state index contributed by atoms with van der Waals surface area (Å²) in [6.07, 6.45) is 1.79. The molecule has 0 aliphatic carbocycles. The third kappa shape index (κ3) is 3.81. The van der Waals surface area contributed by atoms with Crippen molar-refractivity contribution in [3.8, 4) is 0 Å². The number of hydrogen-bond acceptors (Lipinski definition) is 3. The first-order chi connectivity index (χ1) is 10.8. The molecule has 0 fully saturated rings. The molecule has 23 heavy (non-hydrogen) atoms. The molecular weight excluding hydrogens is 290 g/mol. The van der Waals surface area contributed by atoms with Gasteiger partial charge in [-0.15, -0.1) is 0 Å². The summed E-state index contributed by atoms with van der Waals surface area (Å²) in [6.45, 7) is 9.04. The lowest BCUT2D eigenvalue weighted by Crippen LogP contribution is -2.32. The summed E-state index contributed by atoms with van der Waals surface area (Å²) in [5, 5.41) is 11.7. The van der Waals surface area contributed by atoms with Crippen LogP contribution in [0.2, 0.25) is 0 Å². The van der Waals surface area contributed by atoms with Crippen LogP contribution in [0.25, 0.3) is 0 Å². The van der Waals surface area contributed by atoms with Crippen LogP contribution in [0, 0.1) is 5.92 Å². The van der Waals surface area contributed by atoms with E-state index in [1.54, 1.807) is 10.9 Å². The molecule has 1 amide bonds. The van der Waals surface area contributed by atoms with Crippen LogP contribution in [0.5, 0.6) is 0 Å². The molecule has 0 spiro atoms. The number of nitrogens with one attached hydrogen (secondary N) is 1. The fourth-order valence-electron chi connectivity index (χ4n) is 2.71. The zero-order valence-electron chi connectivity index (χ0n) is 14.9. The number of aromatic nitrogens is 4. The van der Waals surface area contributed by atoms with E-state index in [4.69, 9.17) is 0 Å². The SMILES string of the molecule is CC(C)c1cc(C(=O)NC[C@H](c2ccnn2C)C(C)C)n(C)n1. The van der Waals surface area contributed by atoms with Crippen LogP contribution in [0.3, 0.4) is 0 Å². The fourth-order valence-corrected chi connectivity index (χ4v) is 2.71. The van der Waals surface area contributed by atoms with Crippen LogP contribution in [-0.4, -0.2) is 32.0 Å². The van der Waals surface area contributed by atoms with E-state index in [0.717, 1.165) is 11.4 Å². The second-order valence-electron chi connectivity index (χ2n) is 6.67. The molecule has 1 N–H and O–H groups in total. The molecule has 0 aliphatic heterocycles. The summed E-state index contributed by atoms with van der Waals surface area (Å²) in [5.74, 6) is 0.855. The van der Waals surface area contributed by atoms with Crippen LogP contribution >= 0.6 is 0 Å². The molecule has 2 rings (SSSR count). The summed E-state index contributed by atoms with van der Waals surface area (Å²) in [7, 11) is 3.74. The quantitative estimate of drug-likeness (QED) is 0.890. The number of rotatable bonds is 6. The average molecular weight is 317 g/mol. The van der Waals surface area contributed by atoms with Crippen molar-refractivity contribution in [2.45, 2.75) is 39.5 Å². The van der Waals surface area contributed by atoms with E-state index in [9.17, 15) is 4.79 Å². The van der Waals surface area contributed by atoms with Crippen LogP contribution in [0.1, 0.15) is 61.4 Å². The number of nitrogens with zero attached hydrogens (tertiary/aromatic N) is 4. The molecule has 0 saturated heterocycles. The van der Waals surface area contributed by atoms with Gasteiger partial charge >= 0.3 is 0 Å². The molecule has 0 unspecified atom stereocenters. The molecule has 0 aromatic carbocycles. The highest BCUT2D eigenvalue weighted by Crippen LogP contribution is 2.23. The first kappa shape index (κ1) is 17.2. The maximum absolute atomic E-state index is 12.5. The predicted molar refractivity (Wildman–Crippen MR) is 90.4 cm³/mol. The molecule has 1 atom stereocenters. The van der Waals surface area contributed by atoms with Crippen molar-refractivity contribution in [3.05, 3.63) is 35.4 Å². The lowest BCUT2D eigenvalue weighted by molar-refractivity contribution is 0.0939. The first-order valence-corrected chi connectivity index (χ1v) is 8.11. The van der Waals surface area contributed by atoms with E-state index < -0.39 is 0 Å². The van der Waals surface area contributed by atoms with Gasteiger partial charge in [-0.2, -0.15) is 10.2 Å². The first-order valence-electron chi connectivity index (χ1n) is 8.11. The van der Waals surface area contributed by atoms with Crippen molar-refractivity contribution in [2.24, 2.45) is 20.0 Å². The minimum atomic E-state index is -0.0836. The maximum atomic E-state index is 12.5.